The molecular formula is C38H56O15. The summed E-state index contributed by atoms with van der Waals surface area (Å²) in [6.45, 7) is 6.27. The topological polar surface area (TPSA) is 217 Å². The Morgan fingerprint density at radius 2 is 1.60 bits per heavy atom. The van der Waals surface area contributed by atoms with E-state index in [-0.39, 0.29) is 47.3 Å². The van der Waals surface area contributed by atoms with E-state index in [9.17, 15) is 39.9 Å². The van der Waals surface area contributed by atoms with Gasteiger partial charge in [0.1, 0.15) is 37.1 Å². The van der Waals surface area contributed by atoms with Crippen LogP contribution in [0.1, 0.15) is 85.5 Å². The summed E-state index contributed by atoms with van der Waals surface area (Å²) in [5.41, 5.74) is -0.190. The van der Waals surface area contributed by atoms with E-state index >= 15 is 0 Å². The van der Waals surface area contributed by atoms with Crippen LogP contribution in [-0.2, 0) is 47.5 Å². The van der Waals surface area contributed by atoms with Crippen LogP contribution >= 0.6 is 0 Å². The number of aliphatic hydroxyl groups is 5. The SMILES string of the molecule is CC(=O)O[C@H]1[C@@H](OC(C)=O)[C@H](O[C@H]2CC[C@@]3(C)[C@H](CC[C@@H]4[C@@H]3CC[C@]3(C)[C@@H](C5=CC(=O)OC5)CC[C@]43O)C2)O[C@H](CO)[C@H]1O[C@@H]1OC[C@@H](O)[C@H](O)[C@H]1O. The lowest BCUT2D eigenvalue weighted by atomic mass is 9.43. The Kier molecular flexibility index (Phi) is 10.8. The predicted molar refractivity (Wildman–Crippen MR) is 180 cm³/mol. The van der Waals surface area contributed by atoms with Gasteiger partial charge in [-0.1, -0.05) is 13.8 Å². The smallest absolute Gasteiger partial charge is 0.331 e. The second kappa shape index (κ2) is 14.7. The van der Waals surface area contributed by atoms with Gasteiger partial charge in [0.25, 0.3) is 0 Å². The molecule has 2 saturated heterocycles. The molecule has 0 spiro atoms. The van der Waals surface area contributed by atoms with Gasteiger partial charge in [0.2, 0.25) is 0 Å². The van der Waals surface area contributed by atoms with Gasteiger partial charge < -0.3 is 58.7 Å². The number of cyclic esters (lactones) is 1. The molecule has 7 rings (SSSR count). The summed E-state index contributed by atoms with van der Waals surface area (Å²) in [6, 6.07) is 0. The van der Waals surface area contributed by atoms with Crippen LogP contribution in [0.25, 0.3) is 0 Å². The lowest BCUT2D eigenvalue weighted by molar-refractivity contribution is -0.356. The molecule has 17 atom stereocenters. The first-order chi connectivity index (χ1) is 25.1. The van der Waals surface area contributed by atoms with Gasteiger partial charge >= 0.3 is 17.9 Å². The Morgan fingerprint density at radius 3 is 2.28 bits per heavy atom. The lowest BCUT2D eigenvalue weighted by Gasteiger charge is -2.64. The molecule has 0 radical (unpaired) electrons. The Labute approximate surface area is 309 Å². The molecule has 7 aliphatic rings. The molecule has 6 fully saturated rings. The summed E-state index contributed by atoms with van der Waals surface area (Å²) < 4.78 is 40.7. The van der Waals surface area contributed by atoms with Gasteiger partial charge in [0.15, 0.2) is 24.8 Å². The van der Waals surface area contributed by atoms with Crippen molar-refractivity contribution in [2.45, 2.75) is 152 Å². The number of carbonyl (C=O) groups excluding carboxylic acids is 3. The third kappa shape index (κ3) is 6.75. The quantitative estimate of drug-likeness (QED) is 0.133. The first-order valence-corrected chi connectivity index (χ1v) is 19.3. The minimum absolute atomic E-state index is 0.0435. The Balaban J connectivity index is 1.07. The second-order valence-corrected chi connectivity index (χ2v) is 17.0. The molecule has 4 aliphatic carbocycles. The number of ether oxygens (including phenoxy) is 7. The minimum atomic E-state index is -1.68. The molecule has 0 aromatic heterocycles. The number of hydrogen-bond acceptors (Lipinski definition) is 15. The van der Waals surface area contributed by atoms with Crippen molar-refractivity contribution in [1.29, 1.82) is 0 Å². The van der Waals surface area contributed by atoms with Gasteiger partial charge in [-0.25, -0.2) is 4.79 Å². The maximum Gasteiger partial charge on any atom is 0.331 e. The fourth-order valence-electron chi connectivity index (χ4n) is 11.7. The highest BCUT2D eigenvalue weighted by Crippen LogP contribution is 2.70. The van der Waals surface area contributed by atoms with Crippen molar-refractivity contribution >= 4 is 17.9 Å². The Hall–Kier alpha value is -2.21. The van der Waals surface area contributed by atoms with Crippen LogP contribution in [0.15, 0.2) is 11.6 Å². The van der Waals surface area contributed by atoms with Crippen molar-refractivity contribution in [3.05, 3.63) is 11.6 Å². The van der Waals surface area contributed by atoms with Gasteiger partial charge in [-0.2, -0.15) is 0 Å². The van der Waals surface area contributed by atoms with Gasteiger partial charge in [-0.05, 0) is 92.4 Å². The van der Waals surface area contributed by atoms with E-state index in [1.807, 2.05) is 0 Å². The molecular weight excluding hydrogens is 696 g/mol. The van der Waals surface area contributed by atoms with Crippen molar-refractivity contribution in [2.75, 3.05) is 19.8 Å². The molecule has 15 nitrogen and oxygen atoms in total. The fourth-order valence-corrected chi connectivity index (χ4v) is 11.7. The third-order valence-electron chi connectivity index (χ3n) is 14.4. The summed E-state index contributed by atoms with van der Waals surface area (Å²) in [6.07, 6.45) is -3.83. The van der Waals surface area contributed by atoms with E-state index in [1.165, 1.54) is 13.8 Å². The largest absolute Gasteiger partial charge is 0.458 e. The van der Waals surface area contributed by atoms with E-state index in [4.69, 9.17) is 33.2 Å². The summed E-state index contributed by atoms with van der Waals surface area (Å²) >= 11 is 0. The highest BCUT2D eigenvalue weighted by Gasteiger charge is 2.68. The van der Waals surface area contributed by atoms with Crippen LogP contribution in [-0.4, -0.2) is 130 Å². The summed E-state index contributed by atoms with van der Waals surface area (Å²) in [4.78, 5) is 36.8. The fraction of sp³-hybridized carbons (Fsp3) is 0.868. The maximum absolute atomic E-state index is 12.6. The van der Waals surface area contributed by atoms with E-state index in [0.29, 0.717) is 31.8 Å². The van der Waals surface area contributed by atoms with E-state index in [1.54, 1.807) is 6.08 Å². The van der Waals surface area contributed by atoms with Gasteiger partial charge in [-0.3, -0.25) is 9.59 Å². The van der Waals surface area contributed by atoms with Crippen LogP contribution in [0, 0.1) is 34.5 Å². The van der Waals surface area contributed by atoms with Crippen LogP contribution < -0.4 is 0 Å². The van der Waals surface area contributed by atoms with Crippen molar-refractivity contribution in [3.63, 3.8) is 0 Å². The van der Waals surface area contributed by atoms with Crippen LogP contribution in [0.4, 0.5) is 0 Å². The molecule has 0 bridgehead atoms. The highest BCUT2D eigenvalue weighted by atomic mass is 16.8. The van der Waals surface area contributed by atoms with Crippen molar-refractivity contribution in [3.8, 4) is 0 Å². The second-order valence-electron chi connectivity index (χ2n) is 17.0. The number of esters is 3. The maximum atomic E-state index is 12.6. The molecule has 298 valence electrons. The molecule has 0 aromatic rings. The monoisotopic (exact) mass is 752 g/mol. The number of hydrogen-bond donors (Lipinski definition) is 5. The molecule has 0 aromatic carbocycles. The normalized spacial score (nSPS) is 49.5. The summed E-state index contributed by atoms with van der Waals surface area (Å²) in [5.74, 6) is -0.865. The predicted octanol–water partition coefficient (Wildman–Crippen LogP) is 1.03. The number of fused-ring (bicyclic) bond motifs is 5. The third-order valence-corrected chi connectivity index (χ3v) is 14.4. The molecule has 0 amide bonds. The molecule has 0 unspecified atom stereocenters. The van der Waals surface area contributed by atoms with Gasteiger partial charge in [0.05, 0.1) is 24.9 Å². The zero-order chi connectivity index (χ0) is 38.0. The Bertz CT molecular complexity index is 1440. The molecule has 3 aliphatic heterocycles. The average Bonchev–Trinajstić information content (AvgIpc) is 3.66. The zero-order valence-corrected chi connectivity index (χ0v) is 31.0. The molecule has 5 N–H and O–H groups in total. The van der Waals surface area contributed by atoms with Crippen LogP contribution in [0.2, 0.25) is 0 Å². The van der Waals surface area contributed by atoms with E-state index in [2.05, 4.69) is 13.8 Å². The zero-order valence-electron chi connectivity index (χ0n) is 31.0. The molecule has 53 heavy (non-hydrogen) atoms. The lowest BCUT2D eigenvalue weighted by Crippen LogP contribution is -2.65. The van der Waals surface area contributed by atoms with E-state index in [0.717, 1.165) is 44.1 Å². The first-order valence-electron chi connectivity index (χ1n) is 19.3. The number of rotatable bonds is 8. The van der Waals surface area contributed by atoms with Crippen molar-refractivity contribution in [2.24, 2.45) is 34.5 Å². The average molecular weight is 753 g/mol. The Morgan fingerprint density at radius 1 is 0.868 bits per heavy atom. The molecule has 15 heteroatoms. The van der Waals surface area contributed by atoms with Gasteiger partial charge in [-0.15, -0.1) is 0 Å². The standard InChI is InChI=1S/C38H56O15/c1-18(40)49-32-31(53-34-30(45)29(44)26(42)17-48-34)27(15-39)52-35(33(32)50-19(2)41)51-22-7-10-36(3)21(14-22)5-6-25-24(36)8-11-37(4)23(9-12-38(25,37)46)20-13-28(43)47-16-20/h13,21-27,29-35,39,42,44-46H,5-12,14-17H2,1-4H3/t21-,22+,23-,24+,25-,26-,27-,29+,30-,31-,32-,33-,34+,35-,36+,37-,38+/m1/s1. The van der Waals surface area contributed by atoms with E-state index < -0.39 is 79.5 Å². The number of carbonyl (C=O) groups is 3. The highest BCUT2D eigenvalue weighted by molar-refractivity contribution is 5.85. The molecule has 3 heterocycles. The summed E-state index contributed by atoms with van der Waals surface area (Å²) in [5, 5.41) is 53.7. The summed E-state index contributed by atoms with van der Waals surface area (Å²) in [7, 11) is 0. The number of aliphatic hydroxyl groups excluding tert-OH is 4. The first kappa shape index (κ1) is 39.0. The van der Waals surface area contributed by atoms with Crippen molar-refractivity contribution in [1.82, 2.24) is 0 Å². The molecule has 4 saturated carbocycles. The van der Waals surface area contributed by atoms with Crippen molar-refractivity contribution < 1.29 is 73.1 Å². The minimum Gasteiger partial charge on any atom is -0.458 e. The van der Waals surface area contributed by atoms with Crippen LogP contribution in [0.3, 0.4) is 0 Å². The van der Waals surface area contributed by atoms with Gasteiger partial charge in [0, 0.05) is 25.3 Å². The van der Waals surface area contributed by atoms with Crippen LogP contribution in [0.5, 0.6) is 0 Å².